The number of fused-ring (bicyclic) bond motifs is 11. The van der Waals surface area contributed by atoms with Crippen LogP contribution in [0.5, 0.6) is 11.5 Å². The van der Waals surface area contributed by atoms with Crippen LogP contribution in [0.1, 0.15) is 142 Å². The lowest BCUT2D eigenvalue weighted by molar-refractivity contribution is 0.414. The van der Waals surface area contributed by atoms with Gasteiger partial charge in [0.25, 0.3) is 0 Å². The normalized spacial score (nSPS) is 14.3. The van der Waals surface area contributed by atoms with Gasteiger partial charge in [-0.15, -0.1) is 0 Å². The number of aromatic amines is 3. The molecule has 0 saturated heterocycles. The van der Waals surface area contributed by atoms with Crippen LogP contribution in [0.15, 0.2) is 114 Å². The predicted molar refractivity (Wildman–Crippen MR) is 293 cm³/mol. The molecular weight excluding hydrogens is 897 g/mol. The molecule has 0 fully saturated rings. The van der Waals surface area contributed by atoms with Crippen molar-refractivity contribution in [1.29, 1.82) is 0 Å². The largest absolute Gasteiger partial charge is 0.455 e. The lowest BCUT2D eigenvalue weighted by Gasteiger charge is -2.38. The fourth-order valence-electron chi connectivity index (χ4n) is 9.99. The van der Waals surface area contributed by atoms with E-state index in [-0.39, 0.29) is 21.7 Å². The second kappa shape index (κ2) is 15.7. The molecule has 0 spiro atoms. The third kappa shape index (κ3) is 7.92. The maximum Gasteiger partial charge on any atom is 0.145 e. The van der Waals surface area contributed by atoms with Crippen molar-refractivity contribution in [3.05, 3.63) is 158 Å². The first kappa shape index (κ1) is 45.7. The molecule has 6 heteroatoms. The molecule has 0 aliphatic carbocycles. The maximum atomic E-state index is 7.36. The Hall–Kier alpha value is -6.11. The first-order valence-corrected chi connectivity index (χ1v) is 24.9. The average molecular weight is 962 g/mol. The zero-order chi connectivity index (χ0) is 48.5. The van der Waals surface area contributed by atoms with Gasteiger partial charge in [0, 0.05) is 66.4 Å². The average Bonchev–Trinajstić information content (AvgIpc) is 4.10. The summed E-state index contributed by atoms with van der Waals surface area (Å²) in [6.07, 6.45) is 4.29. The quantitative estimate of drug-likeness (QED) is 0.165. The molecule has 8 bridgehead atoms. The van der Waals surface area contributed by atoms with Gasteiger partial charge >= 0.3 is 0 Å². The van der Waals surface area contributed by atoms with Crippen molar-refractivity contribution in [3.8, 4) is 44.9 Å². The first-order valence-electron chi connectivity index (χ1n) is 24.1. The Kier molecular flexibility index (Phi) is 10.6. The summed E-state index contributed by atoms with van der Waals surface area (Å²) in [5.41, 5.74) is 21.0. The number of aromatic nitrogens is 4. The number of ether oxygens (including phenoxy) is 1. The van der Waals surface area contributed by atoms with Gasteiger partial charge in [-0.25, -0.2) is 4.98 Å². The second-order valence-electron chi connectivity index (χ2n) is 23.8. The molecule has 2 aliphatic rings. The topological polar surface area (TPSA) is 69.5 Å². The molecule has 0 atom stereocenters. The molecular formula is C62H65BrN4O. The van der Waals surface area contributed by atoms with Crippen LogP contribution in [0, 0.1) is 0 Å². The molecule has 8 aromatic rings. The molecule has 6 heterocycles. The molecule has 5 nitrogen and oxygen atoms in total. The highest BCUT2D eigenvalue weighted by atomic mass is 79.9. The minimum absolute atomic E-state index is 0.0211. The summed E-state index contributed by atoms with van der Waals surface area (Å²) < 4.78 is 8.32. The van der Waals surface area contributed by atoms with Crippen LogP contribution in [0.3, 0.4) is 0 Å². The van der Waals surface area contributed by atoms with Crippen LogP contribution in [-0.2, 0) is 27.1 Å². The molecule has 2 aliphatic heterocycles. The second-order valence-corrected chi connectivity index (χ2v) is 24.7. The minimum atomic E-state index is -0.391. The number of benzene rings is 4. The van der Waals surface area contributed by atoms with Crippen LogP contribution in [0.2, 0.25) is 0 Å². The lowest BCUT2D eigenvalue weighted by Crippen LogP contribution is -2.27. The van der Waals surface area contributed by atoms with E-state index < -0.39 is 5.41 Å². The molecule has 68 heavy (non-hydrogen) atoms. The first-order chi connectivity index (χ1) is 31.9. The lowest BCUT2D eigenvalue weighted by atomic mass is 9.71. The van der Waals surface area contributed by atoms with Crippen molar-refractivity contribution < 1.29 is 4.74 Å². The standard InChI is InChI=1S/C62H65BrN4O/c1-58(2,3)37-19-15-35(16-20-37)53-47-25-23-45(64-47)46-24-26-48(65-46)54(36-17-21-38(22-18-36)59(4,5)6)50-28-30-52(67-50)55(51-29-27-49(53)66-51)41-31-39(60(7,8)9)32-42-56(41)68-57-43(62(42,13)14)33-40(34-44(57)63)61(10,11)12/h15-34,64,66-67H,1-14H3. The van der Waals surface area contributed by atoms with E-state index in [0.29, 0.717) is 0 Å². The fraction of sp³-hybridized carbons (Fsp3) is 0.306. The van der Waals surface area contributed by atoms with E-state index in [1.54, 1.807) is 0 Å². The van der Waals surface area contributed by atoms with E-state index in [1.807, 2.05) is 0 Å². The summed E-state index contributed by atoms with van der Waals surface area (Å²) in [4.78, 5) is 17.2. The van der Waals surface area contributed by atoms with Gasteiger partial charge in [0.2, 0.25) is 0 Å². The number of hydrogen-bond acceptors (Lipinski definition) is 2. The summed E-state index contributed by atoms with van der Waals surface area (Å²) in [5, 5.41) is 0. The summed E-state index contributed by atoms with van der Waals surface area (Å²) in [6, 6.07) is 40.7. The minimum Gasteiger partial charge on any atom is -0.455 e. The Labute approximate surface area is 411 Å². The third-order valence-corrected chi connectivity index (χ3v) is 14.9. The van der Waals surface area contributed by atoms with E-state index in [0.717, 1.165) is 99.4 Å². The molecule has 10 rings (SSSR count). The number of nitrogens with one attached hydrogen (secondary N) is 3. The maximum absolute atomic E-state index is 7.36. The fourth-order valence-corrected chi connectivity index (χ4v) is 10.5. The van der Waals surface area contributed by atoms with Crippen molar-refractivity contribution in [2.45, 2.75) is 124 Å². The molecule has 0 unspecified atom stereocenters. The zero-order valence-electron chi connectivity index (χ0n) is 42.3. The summed E-state index contributed by atoms with van der Waals surface area (Å²) >= 11 is 4.02. The predicted octanol–water partition coefficient (Wildman–Crippen LogP) is 18.1. The van der Waals surface area contributed by atoms with Crippen molar-refractivity contribution in [1.82, 2.24) is 19.9 Å². The molecule has 0 saturated carbocycles. The number of halogens is 1. The summed E-state index contributed by atoms with van der Waals surface area (Å²) in [5.74, 6) is 1.72. The smallest absolute Gasteiger partial charge is 0.145 e. The van der Waals surface area contributed by atoms with Gasteiger partial charge in [-0.05, 0) is 132 Å². The number of rotatable bonds is 3. The summed E-state index contributed by atoms with van der Waals surface area (Å²) in [6.45, 7) is 32.0. The highest BCUT2D eigenvalue weighted by molar-refractivity contribution is 9.10. The molecule has 0 amide bonds. The van der Waals surface area contributed by atoms with Gasteiger partial charge in [-0.3, -0.25) is 0 Å². The van der Waals surface area contributed by atoms with Crippen LogP contribution in [0.4, 0.5) is 0 Å². The van der Waals surface area contributed by atoms with Crippen molar-refractivity contribution in [2.75, 3.05) is 0 Å². The number of nitrogens with zero attached hydrogens (tertiary/aromatic N) is 1. The molecule has 0 radical (unpaired) electrons. The van der Waals surface area contributed by atoms with E-state index in [4.69, 9.17) is 9.72 Å². The molecule has 4 aromatic heterocycles. The molecule has 3 N–H and O–H groups in total. The Balaban J connectivity index is 1.35. The van der Waals surface area contributed by atoms with E-state index in [2.05, 4.69) is 249 Å². The Bertz CT molecular complexity index is 3470. The van der Waals surface area contributed by atoms with Crippen molar-refractivity contribution in [3.63, 3.8) is 0 Å². The Morgan fingerprint density at radius 1 is 0.426 bits per heavy atom. The highest BCUT2D eigenvalue weighted by Gasteiger charge is 2.39. The van der Waals surface area contributed by atoms with Gasteiger partial charge in [-0.2, -0.15) is 0 Å². The SMILES string of the molecule is CC(C)(C)c1ccc(-c2c3nc(c4ccc([nH]4)c(-c4ccc(C(C)(C)C)cc4)c4ccc([nH]4)c(-c4cc(C(C)(C)C)cc5c4Oc4c(Br)cc(C(C)(C)C)cc4C5(C)C)c4ccc2[nH]4)C=C3)cc1. The van der Waals surface area contributed by atoms with Gasteiger partial charge in [0.15, 0.2) is 0 Å². The number of H-pyrrole nitrogens is 3. The number of hydrogen-bond donors (Lipinski definition) is 3. The van der Waals surface area contributed by atoms with Crippen LogP contribution in [0.25, 0.3) is 78.6 Å². The molecule has 346 valence electrons. The highest BCUT2D eigenvalue weighted by Crippen LogP contribution is 2.56. The van der Waals surface area contributed by atoms with Crippen LogP contribution >= 0.6 is 15.9 Å². The van der Waals surface area contributed by atoms with Crippen molar-refractivity contribution >= 4 is 61.2 Å². The summed E-state index contributed by atoms with van der Waals surface area (Å²) in [7, 11) is 0. The third-order valence-electron chi connectivity index (χ3n) is 14.3. The zero-order valence-corrected chi connectivity index (χ0v) is 43.9. The van der Waals surface area contributed by atoms with Gasteiger partial charge < -0.3 is 19.7 Å². The van der Waals surface area contributed by atoms with Gasteiger partial charge in [0.05, 0.1) is 21.4 Å². The van der Waals surface area contributed by atoms with Crippen LogP contribution in [-0.4, -0.2) is 19.9 Å². The Morgan fingerprint density at radius 3 is 1.32 bits per heavy atom. The van der Waals surface area contributed by atoms with Crippen molar-refractivity contribution in [2.24, 2.45) is 0 Å². The van der Waals surface area contributed by atoms with Gasteiger partial charge in [-0.1, -0.05) is 158 Å². The van der Waals surface area contributed by atoms with Crippen LogP contribution < -0.4 is 4.74 Å². The monoisotopic (exact) mass is 960 g/mol. The van der Waals surface area contributed by atoms with E-state index >= 15 is 0 Å². The molecule has 4 aromatic carbocycles. The van der Waals surface area contributed by atoms with E-state index in [1.165, 1.54) is 27.8 Å². The Morgan fingerprint density at radius 2 is 0.824 bits per heavy atom. The van der Waals surface area contributed by atoms with E-state index in [9.17, 15) is 0 Å². The van der Waals surface area contributed by atoms with Gasteiger partial charge in [0.1, 0.15) is 11.5 Å².